The summed E-state index contributed by atoms with van der Waals surface area (Å²) in [4.78, 5) is 19.7. The Bertz CT molecular complexity index is 1290. The van der Waals surface area contributed by atoms with Gasteiger partial charge in [0, 0.05) is 17.9 Å². The molecule has 1 saturated heterocycles. The van der Waals surface area contributed by atoms with Gasteiger partial charge in [0.05, 0.1) is 38.5 Å². The molecule has 2 aliphatic rings. The fourth-order valence-electron chi connectivity index (χ4n) is 4.79. The largest absolute Gasteiger partial charge is 0.493 e. The van der Waals surface area contributed by atoms with Crippen LogP contribution in [0.4, 0.5) is 4.79 Å². The van der Waals surface area contributed by atoms with Crippen molar-refractivity contribution in [2.45, 2.75) is 38.8 Å². The number of ether oxygens (including phenoxy) is 3. The van der Waals surface area contributed by atoms with E-state index in [-0.39, 0.29) is 12.1 Å². The number of benzene rings is 2. The molecule has 0 radical (unpaired) electrons. The number of aromatic nitrogens is 2. The highest BCUT2D eigenvalue weighted by atomic mass is 16.5. The number of rotatable bonds is 7. The number of carbonyl (C=O) groups is 1. The fourth-order valence-corrected chi connectivity index (χ4v) is 4.79. The maximum absolute atomic E-state index is 13.3. The first-order valence-corrected chi connectivity index (χ1v) is 12.0. The Hall–Kier alpha value is -3.85. The molecule has 36 heavy (non-hydrogen) atoms. The van der Waals surface area contributed by atoms with E-state index in [9.17, 15) is 4.79 Å². The molecule has 1 fully saturated rings. The molecule has 1 N–H and O–H groups in total. The van der Waals surface area contributed by atoms with Gasteiger partial charge < -0.3 is 24.1 Å². The van der Waals surface area contributed by atoms with Crippen molar-refractivity contribution in [3.63, 3.8) is 0 Å². The van der Waals surface area contributed by atoms with Crippen molar-refractivity contribution < 1.29 is 23.5 Å². The first-order chi connectivity index (χ1) is 17.5. The monoisotopic (exact) mass is 490 g/mol. The molecule has 1 aromatic heterocycles. The van der Waals surface area contributed by atoms with Crippen molar-refractivity contribution in [2.75, 3.05) is 27.4 Å². The standard InChI is InChI=1S/C27H30N4O5/c1-16-7-5-8-19(13-16)25-29-26(36-30-25)23-17(2)31(15-20-9-6-12-35-20)27(32)28-24(23)18-10-11-21(33-3)22(14-18)34-4/h5,7-8,10-11,13-14,20,24H,6,9,12,15H2,1-4H3,(H,28,32). The lowest BCUT2D eigenvalue weighted by atomic mass is 9.94. The molecular weight excluding hydrogens is 460 g/mol. The maximum atomic E-state index is 13.3. The summed E-state index contributed by atoms with van der Waals surface area (Å²) >= 11 is 0. The Kier molecular flexibility index (Phi) is 6.65. The van der Waals surface area contributed by atoms with Gasteiger partial charge in [-0.1, -0.05) is 35.0 Å². The van der Waals surface area contributed by atoms with Crippen LogP contribution in [-0.2, 0) is 4.74 Å². The lowest BCUT2D eigenvalue weighted by Crippen LogP contribution is -2.48. The zero-order valence-corrected chi connectivity index (χ0v) is 20.9. The van der Waals surface area contributed by atoms with E-state index < -0.39 is 6.04 Å². The molecule has 0 spiro atoms. The van der Waals surface area contributed by atoms with Gasteiger partial charge in [0.25, 0.3) is 5.89 Å². The number of allylic oxidation sites excluding steroid dienone is 1. The number of hydrogen-bond donors (Lipinski definition) is 1. The summed E-state index contributed by atoms with van der Waals surface area (Å²) in [6.45, 7) is 5.10. The predicted molar refractivity (Wildman–Crippen MR) is 134 cm³/mol. The molecule has 5 rings (SSSR count). The van der Waals surface area contributed by atoms with Gasteiger partial charge in [-0.2, -0.15) is 4.98 Å². The van der Waals surface area contributed by atoms with Crippen molar-refractivity contribution >= 4 is 11.6 Å². The minimum Gasteiger partial charge on any atom is -0.493 e. The fraction of sp³-hybridized carbons (Fsp3) is 0.370. The van der Waals surface area contributed by atoms with Gasteiger partial charge in [-0.05, 0) is 50.5 Å². The van der Waals surface area contributed by atoms with Gasteiger partial charge in [0.15, 0.2) is 11.5 Å². The molecule has 0 aliphatic carbocycles. The second-order valence-corrected chi connectivity index (χ2v) is 9.03. The van der Waals surface area contributed by atoms with Crippen molar-refractivity contribution in [3.05, 3.63) is 65.2 Å². The molecule has 2 aliphatic heterocycles. The van der Waals surface area contributed by atoms with E-state index in [4.69, 9.17) is 23.7 Å². The summed E-state index contributed by atoms with van der Waals surface area (Å²) in [6, 6.07) is 12.8. The summed E-state index contributed by atoms with van der Waals surface area (Å²) in [5.41, 5.74) is 4.24. The number of methoxy groups -OCH3 is 2. The summed E-state index contributed by atoms with van der Waals surface area (Å²) < 4.78 is 22.5. The lowest BCUT2D eigenvalue weighted by molar-refractivity contribution is 0.0877. The van der Waals surface area contributed by atoms with E-state index in [0.717, 1.165) is 40.8 Å². The third-order valence-electron chi connectivity index (χ3n) is 6.68. The molecule has 9 heteroatoms. The Morgan fingerprint density at radius 1 is 1.11 bits per heavy atom. The summed E-state index contributed by atoms with van der Waals surface area (Å²) in [6.07, 6.45) is 1.91. The first kappa shape index (κ1) is 23.9. The molecule has 9 nitrogen and oxygen atoms in total. The average molecular weight is 491 g/mol. The minimum absolute atomic E-state index is 0.00452. The Balaban J connectivity index is 1.59. The minimum atomic E-state index is -0.524. The summed E-state index contributed by atoms with van der Waals surface area (Å²) in [5, 5.41) is 7.38. The number of amides is 2. The van der Waals surface area contributed by atoms with E-state index in [2.05, 4.69) is 10.5 Å². The molecule has 3 heterocycles. The van der Waals surface area contributed by atoms with Crippen LogP contribution in [0.2, 0.25) is 0 Å². The number of nitrogens with zero attached hydrogens (tertiary/aromatic N) is 3. The highest BCUT2D eigenvalue weighted by Gasteiger charge is 2.37. The van der Waals surface area contributed by atoms with Crippen molar-refractivity contribution in [1.82, 2.24) is 20.4 Å². The van der Waals surface area contributed by atoms with E-state index in [1.54, 1.807) is 19.1 Å². The second-order valence-electron chi connectivity index (χ2n) is 9.03. The predicted octanol–water partition coefficient (Wildman–Crippen LogP) is 4.74. The second kappa shape index (κ2) is 10.0. The van der Waals surface area contributed by atoms with Crippen LogP contribution < -0.4 is 14.8 Å². The zero-order chi connectivity index (χ0) is 25.2. The third-order valence-corrected chi connectivity index (χ3v) is 6.68. The van der Waals surface area contributed by atoms with Gasteiger partial charge in [0.1, 0.15) is 0 Å². The summed E-state index contributed by atoms with van der Waals surface area (Å²) in [5.74, 6) is 2.00. The third kappa shape index (κ3) is 4.54. The number of aryl methyl sites for hydroxylation is 1. The van der Waals surface area contributed by atoms with Gasteiger partial charge in [-0.3, -0.25) is 4.90 Å². The van der Waals surface area contributed by atoms with Crippen LogP contribution in [-0.4, -0.2) is 54.5 Å². The molecule has 2 aromatic carbocycles. The van der Waals surface area contributed by atoms with Crippen molar-refractivity contribution in [3.8, 4) is 22.9 Å². The molecule has 2 unspecified atom stereocenters. The Morgan fingerprint density at radius 3 is 2.67 bits per heavy atom. The maximum Gasteiger partial charge on any atom is 0.322 e. The van der Waals surface area contributed by atoms with Crippen LogP contribution in [0.25, 0.3) is 17.0 Å². The number of nitrogens with one attached hydrogen (secondary N) is 1. The molecule has 2 amide bonds. The molecule has 0 saturated carbocycles. The van der Waals surface area contributed by atoms with Crippen LogP contribution in [0.1, 0.15) is 42.8 Å². The SMILES string of the molecule is COc1ccc(C2NC(=O)N(CC3CCCO3)C(C)=C2c2nc(-c3cccc(C)c3)no2)cc1OC. The average Bonchev–Trinajstić information content (AvgIpc) is 3.58. The van der Waals surface area contributed by atoms with Crippen molar-refractivity contribution in [2.24, 2.45) is 0 Å². The van der Waals surface area contributed by atoms with E-state index >= 15 is 0 Å². The molecule has 2 atom stereocenters. The topological polar surface area (TPSA) is 99.0 Å². The van der Waals surface area contributed by atoms with E-state index in [1.807, 2.05) is 56.3 Å². The number of carbonyl (C=O) groups excluding carboxylic acids is 1. The van der Waals surface area contributed by atoms with Crippen LogP contribution >= 0.6 is 0 Å². The van der Waals surface area contributed by atoms with Gasteiger partial charge in [0.2, 0.25) is 5.82 Å². The van der Waals surface area contributed by atoms with Crippen LogP contribution in [0.15, 0.2) is 52.7 Å². The van der Waals surface area contributed by atoms with Crippen LogP contribution in [0, 0.1) is 6.92 Å². The molecule has 3 aromatic rings. The smallest absolute Gasteiger partial charge is 0.322 e. The number of hydrogen-bond acceptors (Lipinski definition) is 7. The molecule has 188 valence electrons. The van der Waals surface area contributed by atoms with E-state index in [1.165, 1.54) is 0 Å². The quantitative estimate of drug-likeness (QED) is 0.511. The summed E-state index contributed by atoms with van der Waals surface area (Å²) in [7, 11) is 3.17. The normalized spacial score (nSPS) is 20.0. The Labute approximate surface area is 210 Å². The van der Waals surface area contributed by atoms with Gasteiger partial charge >= 0.3 is 6.03 Å². The first-order valence-electron chi connectivity index (χ1n) is 12.0. The highest BCUT2D eigenvalue weighted by molar-refractivity contribution is 5.87. The lowest BCUT2D eigenvalue weighted by Gasteiger charge is -2.36. The van der Waals surface area contributed by atoms with Crippen LogP contribution in [0.5, 0.6) is 11.5 Å². The zero-order valence-electron chi connectivity index (χ0n) is 20.9. The molecule has 0 bridgehead atoms. The van der Waals surface area contributed by atoms with Gasteiger partial charge in [-0.25, -0.2) is 4.79 Å². The molecular formula is C27H30N4O5. The van der Waals surface area contributed by atoms with Crippen LogP contribution in [0.3, 0.4) is 0 Å². The van der Waals surface area contributed by atoms with E-state index in [0.29, 0.717) is 36.4 Å². The highest BCUT2D eigenvalue weighted by Crippen LogP contribution is 2.40. The van der Waals surface area contributed by atoms with Crippen molar-refractivity contribution in [1.29, 1.82) is 0 Å². The van der Waals surface area contributed by atoms with Gasteiger partial charge in [-0.15, -0.1) is 0 Å². The number of urea groups is 1. The Morgan fingerprint density at radius 2 is 1.94 bits per heavy atom.